The molecule has 3 aromatic rings. The second kappa shape index (κ2) is 7.75. The number of rotatable bonds is 3. The molecule has 1 N–H and O–H groups in total. The van der Waals surface area contributed by atoms with E-state index < -0.39 is 11.9 Å². The summed E-state index contributed by atoms with van der Waals surface area (Å²) in [7, 11) is 0. The lowest BCUT2D eigenvalue weighted by molar-refractivity contribution is -0.113. The molecule has 0 aliphatic carbocycles. The van der Waals surface area contributed by atoms with Gasteiger partial charge < -0.3 is 9.88 Å². The van der Waals surface area contributed by atoms with Crippen molar-refractivity contribution in [2.75, 3.05) is 4.90 Å². The molecule has 0 atom stereocenters. The first-order valence-electron chi connectivity index (χ1n) is 10.1. The highest BCUT2D eigenvalue weighted by molar-refractivity contribution is 6.32. The number of carbonyl (C=O) groups is 2. The molecule has 2 heterocycles. The van der Waals surface area contributed by atoms with Gasteiger partial charge in [-0.1, -0.05) is 35.4 Å². The van der Waals surface area contributed by atoms with Gasteiger partial charge in [-0.15, -0.1) is 0 Å². The lowest BCUT2D eigenvalue weighted by Gasteiger charge is -2.17. The van der Waals surface area contributed by atoms with Crippen molar-refractivity contribution in [2.24, 2.45) is 0 Å². The van der Waals surface area contributed by atoms with E-state index in [9.17, 15) is 9.59 Å². The molecule has 6 heteroatoms. The smallest absolute Gasteiger partial charge is 0.317 e. The van der Waals surface area contributed by atoms with E-state index >= 15 is 0 Å². The first-order chi connectivity index (χ1) is 14.7. The van der Waals surface area contributed by atoms with E-state index in [1.165, 1.54) is 16.7 Å². The Morgan fingerprint density at radius 1 is 0.935 bits per heavy atom. The van der Waals surface area contributed by atoms with Gasteiger partial charge in [-0.2, -0.15) is 0 Å². The van der Waals surface area contributed by atoms with Gasteiger partial charge in [0, 0.05) is 16.4 Å². The van der Waals surface area contributed by atoms with Crippen LogP contribution < -0.4 is 10.2 Å². The summed E-state index contributed by atoms with van der Waals surface area (Å²) in [5.41, 5.74) is 8.38. The number of imide groups is 1. The molecular weight excluding hydrogens is 410 g/mol. The van der Waals surface area contributed by atoms with E-state index in [2.05, 4.69) is 42.8 Å². The zero-order valence-corrected chi connectivity index (χ0v) is 19.0. The highest BCUT2D eigenvalue weighted by atomic mass is 35.5. The van der Waals surface area contributed by atoms with Gasteiger partial charge in [0.2, 0.25) is 0 Å². The third kappa shape index (κ3) is 3.66. The first-order valence-corrected chi connectivity index (χ1v) is 10.4. The Morgan fingerprint density at radius 3 is 2.26 bits per heavy atom. The quantitative estimate of drug-likeness (QED) is 0.421. The molecule has 1 fully saturated rings. The molecule has 1 aromatic heterocycles. The number of benzene rings is 2. The minimum Gasteiger partial charge on any atom is -0.317 e. The first kappa shape index (κ1) is 20.9. The number of nitrogens with one attached hydrogen (secondary N) is 1. The highest BCUT2D eigenvalue weighted by Gasteiger charge is 2.35. The van der Waals surface area contributed by atoms with Crippen LogP contribution in [-0.4, -0.2) is 16.5 Å². The van der Waals surface area contributed by atoms with Gasteiger partial charge in [-0.25, -0.2) is 9.69 Å². The molecule has 0 unspecified atom stereocenters. The molecule has 0 bridgehead atoms. The van der Waals surface area contributed by atoms with Gasteiger partial charge in [0.05, 0.1) is 11.4 Å². The normalized spacial score (nSPS) is 15.2. The van der Waals surface area contributed by atoms with Crippen molar-refractivity contribution in [1.29, 1.82) is 0 Å². The molecule has 31 heavy (non-hydrogen) atoms. The van der Waals surface area contributed by atoms with E-state index in [4.69, 9.17) is 11.6 Å². The van der Waals surface area contributed by atoms with E-state index in [1.807, 2.05) is 19.9 Å². The van der Waals surface area contributed by atoms with Crippen LogP contribution in [0.15, 0.2) is 48.2 Å². The van der Waals surface area contributed by atoms with Gasteiger partial charge in [0.15, 0.2) is 0 Å². The predicted molar refractivity (Wildman–Crippen MR) is 125 cm³/mol. The molecule has 0 saturated carbocycles. The minimum absolute atomic E-state index is 0.238. The van der Waals surface area contributed by atoms with Crippen molar-refractivity contribution >= 4 is 35.3 Å². The molecule has 1 aliphatic heterocycles. The number of amides is 3. The second-order valence-electron chi connectivity index (χ2n) is 8.02. The maximum Gasteiger partial charge on any atom is 0.333 e. The SMILES string of the molecule is Cc1cc(C)c(-n2c(C)cc(/C=C3/NC(=O)N(c4cccc(Cl)c4)C3=O)c2C)c(C)c1. The standard InChI is InChI=1S/C25H24ClN3O2/c1-14-9-15(2)23(16(3)10-14)28-17(4)11-19(18(28)5)12-22-24(30)29(25(31)27-22)21-8-6-7-20(26)13-21/h6-13H,1-5H3,(H,27,31)/b22-12+. The fourth-order valence-corrected chi connectivity index (χ4v) is 4.53. The number of nitrogens with zero attached hydrogens (tertiary/aromatic N) is 2. The summed E-state index contributed by atoms with van der Waals surface area (Å²) in [5.74, 6) is -0.403. The number of aryl methyl sites for hydroxylation is 4. The molecule has 1 aliphatic rings. The Balaban J connectivity index is 1.75. The predicted octanol–water partition coefficient (Wildman–Crippen LogP) is 5.77. The third-order valence-corrected chi connectivity index (χ3v) is 5.81. The lowest BCUT2D eigenvalue weighted by Crippen LogP contribution is -2.30. The van der Waals surface area contributed by atoms with Gasteiger partial charge >= 0.3 is 6.03 Å². The molecular formula is C25H24ClN3O2. The fraction of sp³-hybridized carbons (Fsp3) is 0.200. The summed E-state index contributed by atoms with van der Waals surface area (Å²) in [4.78, 5) is 26.6. The molecule has 0 spiro atoms. The number of hydrogen-bond donors (Lipinski definition) is 1. The lowest BCUT2D eigenvalue weighted by atomic mass is 10.0. The van der Waals surface area contributed by atoms with Crippen LogP contribution in [0.2, 0.25) is 5.02 Å². The van der Waals surface area contributed by atoms with Gasteiger partial charge in [-0.3, -0.25) is 4.79 Å². The molecule has 2 aromatic carbocycles. The van der Waals surface area contributed by atoms with Crippen molar-refractivity contribution < 1.29 is 9.59 Å². The van der Waals surface area contributed by atoms with Crippen LogP contribution in [-0.2, 0) is 4.79 Å². The second-order valence-corrected chi connectivity index (χ2v) is 8.45. The van der Waals surface area contributed by atoms with Gasteiger partial charge in [-0.05, 0) is 81.7 Å². The monoisotopic (exact) mass is 433 g/mol. The van der Waals surface area contributed by atoms with Crippen LogP contribution in [0.25, 0.3) is 11.8 Å². The molecule has 0 radical (unpaired) electrons. The van der Waals surface area contributed by atoms with Crippen molar-refractivity contribution in [3.05, 3.63) is 86.8 Å². The van der Waals surface area contributed by atoms with E-state index in [-0.39, 0.29) is 5.70 Å². The molecule has 158 valence electrons. The zero-order valence-electron chi connectivity index (χ0n) is 18.2. The topological polar surface area (TPSA) is 54.3 Å². The third-order valence-electron chi connectivity index (χ3n) is 5.57. The van der Waals surface area contributed by atoms with Gasteiger partial charge in [0.25, 0.3) is 5.91 Å². The Hall–Kier alpha value is -3.31. The molecule has 4 rings (SSSR count). The van der Waals surface area contributed by atoms with Crippen molar-refractivity contribution in [3.8, 4) is 5.69 Å². The average molecular weight is 434 g/mol. The summed E-state index contributed by atoms with van der Waals surface area (Å²) in [6, 6.07) is 12.6. The van der Waals surface area contributed by atoms with Crippen LogP contribution >= 0.6 is 11.6 Å². The summed E-state index contributed by atoms with van der Waals surface area (Å²) >= 11 is 6.03. The number of carbonyl (C=O) groups excluding carboxylic acids is 2. The van der Waals surface area contributed by atoms with Crippen molar-refractivity contribution in [3.63, 3.8) is 0 Å². The van der Waals surface area contributed by atoms with Crippen molar-refractivity contribution in [2.45, 2.75) is 34.6 Å². The average Bonchev–Trinajstić information content (AvgIpc) is 3.11. The number of halogens is 1. The van der Waals surface area contributed by atoms with Crippen LogP contribution in [0.4, 0.5) is 10.5 Å². The fourth-order valence-electron chi connectivity index (χ4n) is 4.34. The van der Waals surface area contributed by atoms with Gasteiger partial charge in [0.1, 0.15) is 5.70 Å². The minimum atomic E-state index is -0.488. The number of anilines is 1. The van der Waals surface area contributed by atoms with Crippen LogP contribution in [0.5, 0.6) is 0 Å². The Bertz CT molecular complexity index is 1250. The maximum atomic E-state index is 13.0. The number of urea groups is 1. The van der Waals surface area contributed by atoms with Crippen molar-refractivity contribution in [1.82, 2.24) is 9.88 Å². The summed E-state index contributed by atoms with van der Waals surface area (Å²) in [5, 5.41) is 3.15. The molecule has 3 amide bonds. The van der Waals surface area contributed by atoms with E-state index in [1.54, 1.807) is 30.3 Å². The zero-order chi connectivity index (χ0) is 22.4. The Labute approximate surface area is 186 Å². The summed E-state index contributed by atoms with van der Waals surface area (Å²) in [6.45, 7) is 10.4. The summed E-state index contributed by atoms with van der Waals surface area (Å²) < 4.78 is 2.20. The van der Waals surface area contributed by atoms with E-state index in [0.29, 0.717) is 10.7 Å². The highest BCUT2D eigenvalue weighted by Crippen LogP contribution is 2.29. The van der Waals surface area contributed by atoms with Crippen LogP contribution in [0.3, 0.4) is 0 Å². The Morgan fingerprint density at radius 2 is 1.61 bits per heavy atom. The van der Waals surface area contributed by atoms with E-state index in [0.717, 1.165) is 27.5 Å². The van der Waals surface area contributed by atoms with Crippen LogP contribution in [0.1, 0.15) is 33.6 Å². The maximum absolute atomic E-state index is 13.0. The summed E-state index contributed by atoms with van der Waals surface area (Å²) in [6.07, 6.45) is 1.74. The molecule has 5 nitrogen and oxygen atoms in total. The number of hydrogen-bond acceptors (Lipinski definition) is 2. The van der Waals surface area contributed by atoms with Crippen LogP contribution in [0, 0.1) is 34.6 Å². The Kier molecular flexibility index (Phi) is 5.23. The molecule has 1 saturated heterocycles. The number of aromatic nitrogens is 1. The largest absolute Gasteiger partial charge is 0.333 e.